The van der Waals surface area contributed by atoms with E-state index in [1.807, 2.05) is 30.3 Å². The molecule has 0 aliphatic carbocycles. The van der Waals surface area contributed by atoms with Crippen LogP contribution in [-0.4, -0.2) is 55.4 Å². The highest BCUT2D eigenvalue weighted by Gasteiger charge is 2.33. The smallest absolute Gasteiger partial charge is 0.251 e. The van der Waals surface area contributed by atoms with E-state index >= 15 is 0 Å². The molecule has 7 nitrogen and oxygen atoms in total. The van der Waals surface area contributed by atoms with Crippen molar-refractivity contribution in [3.63, 3.8) is 0 Å². The van der Waals surface area contributed by atoms with Crippen molar-refractivity contribution in [2.24, 2.45) is 0 Å². The highest BCUT2D eigenvalue weighted by atomic mass is 16.5. The molecular formula is C24H29N3O4. The quantitative estimate of drug-likeness (QED) is 0.605. The maximum absolute atomic E-state index is 12.6. The highest BCUT2D eigenvalue weighted by Crippen LogP contribution is 2.19. The second-order valence-electron chi connectivity index (χ2n) is 7.51. The standard InChI is InChI=1S/C24H29N3O4/c1-31-20-12-10-19(11-13-20)23(29)25-15-16-26-24(30)21-8-5-17-27(21)22(28)14-9-18-6-3-2-4-7-18/h2-4,6-7,10-13,21H,5,8-9,14-17H2,1H3,(H,25,29)(H,26,30)/t21-/m1/s1. The molecule has 0 bridgehead atoms. The number of benzene rings is 2. The molecule has 2 aromatic carbocycles. The summed E-state index contributed by atoms with van der Waals surface area (Å²) < 4.78 is 5.08. The Morgan fingerprint density at radius 2 is 1.71 bits per heavy atom. The van der Waals surface area contributed by atoms with Gasteiger partial charge in [-0.3, -0.25) is 14.4 Å². The lowest BCUT2D eigenvalue weighted by Gasteiger charge is -2.24. The van der Waals surface area contributed by atoms with E-state index in [-0.39, 0.29) is 17.7 Å². The maximum Gasteiger partial charge on any atom is 0.251 e. The molecule has 1 saturated heterocycles. The molecule has 1 heterocycles. The average molecular weight is 424 g/mol. The van der Waals surface area contributed by atoms with Crippen LogP contribution >= 0.6 is 0 Å². The van der Waals surface area contributed by atoms with Gasteiger partial charge >= 0.3 is 0 Å². The summed E-state index contributed by atoms with van der Waals surface area (Å²) in [5, 5.41) is 5.62. The third-order valence-corrected chi connectivity index (χ3v) is 5.41. The number of carbonyl (C=O) groups is 3. The molecule has 0 aromatic heterocycles. The van der Waals surface area contributed by atoms with Gasteiger partial charge in [0.05, 0.1) is 7.11 Å². The van der Waals surface area contributed by atoms with E-state index in [4.69, 9.17) is 4.74 Å². The van der Waals surface area contributed by atoms with Crippen LogP contribution in [0.1, 0.15) is 35.2 Å². The van der Waals surface area contributed by atoms with E-state index in [1.54, 1.807) is 36.3 Å². The number of likely N-dealkylation sites (tertiary alicyclic amines) is 1. The minimum Gasteiger partial charge on any atom is -0.497 e. The van der Waals surface area contributed by atoms with Crippen molar-refractivity contribution in [2.45, 2.75) is 31.7 Å². The number of aryl methyl sites for hydroxylation is 1. The van der Waals surface area contributed by atoms with Crippen molar-refractivity contribution in [3.8, 4) is 5.75 Å². The van der Waals surface area contributed by atoms with Crippen molar-refractivity contribution in [1.82, 2.24) is 15.5 Å². The predicted molar refractivity (Wildman–Crippen MR) is 118 cm³/mol. The zero-order chi connectivity index (χ0) is 22.1. The lowest BCUT2D eigenvalue weighted by atomic mass is 10.1. The van der Waals surface area contributed by atoms with Crippen molar-refractivity contribution in [1.29, 1.82) is 0 Å². The molecular weight excluding hydrogens is 394 g/mol. The third kappa shape index (κ3) is 6.31. The van der Waals surface area contributed by atoms with E-state index in [0.717, 1.165) is 12.0 Å². The van der Waals surface area contributed by atoms with Gasteiger partial charge in [0.2, 0.25) is 11.8 Å². The van der Waals surface area contributed by atoms with Crippen LogP contribution in [0.5, 0.6) is 5.75 Å². The summed E-state index contributed by atoms with van der Waals surface area (Å²) in [6, 6.07) is 16.3. The number of nitrogens with zero attached hydrogens (tertiary/aromatic N) is 1. The highest BCUT2D eigenvalue weighted by molar-refractivity contribution is 5.94. The summed E-state index contributed by atoms with van der Waals surface area (Å²) in [4.78, 5) is 39.1. The van der Waals surface area contributed by atoms with E-state index < -0.39 is 6.04 Å². The van der Waals surface area contributed by atoms with Crippen molar-refractivity contribution >= 4 is 17.7 Å². The minimum atomic E-state index is -0.430. The molecule has 0 saturated carbocycles. The first-order valence-corrected chi connectivity index (χ1v) is 10.6. The molecule has 3 rings (SSSR count). The molecule has 0 radical (unpaired) electrons. The number of rotatable bonds is 9. The number of carbonyl (C=O) groups excluding carboxylic acids is 3. The van der Waals surface area contributed by atoms with E-state index in [1.165, 1.54) is 0 Å². The Labute approximate surface area is 182 Å². The second-order valence-corrected chi connectivity index (χ2v) is 7.51. The van der Waals surface area contributed by atoms with E-state index in [2.05, 4.69) is 10.6 Å². The average Bonchev–Trinajstić information content (AvgIpc) is 3.31. The molecule has 1 aliphatic rings. The first-order chi connectivity index (χ1) is 15.1. The van der Waals surface area contributed by atoms with Gasteiger partial charge in [-0.25, -0.2) is 0 Å². The van der Waals surface area contributed by atoms with Crippen LogP contribution in [0.4, 0.5) is 0 Å². The number of hydrogen-bond donors (Lipinski definition) is 2. The monoisotopic (exact) mass is 423 g/mol. The van der Waals surface area contributed by atoms with Gasteiger partial charge in [-0.05, 0) is 49.1 Å². The van der Waals surface area contributed by atoms with Crippen molar-refractivity contribution in [2.75, 3.05) is 26.7 Å². The Bertz CT molecular complexity index is 883. The van der Waals surface area contributed by atoms with Gasteiger partial charge in [0.25, 0.3) is 5.91 Å². The van der Waals surface area contributed by atoms with Crippen LogP contribution in [0, 0.1) is 0 Å². The number of methoxy groups -OCH3 is 1. The van der Waals surface area contributed by atoms with Crippen LogP contribution in [0.15, 0.2) is 54.6 Å². The fraction of sp³-hybridized carbons (Fsp3) is 0.375. The zero-order valence-corrected chi connectivity index (χ0v) is 17.8. The molecule has 1 aliphatic heterocycles. The molecule has 1 fully saturated rings. The minimum absolute atomic E-state index is 0.00862. The van der Waals surface area contributed by atoms with Gasteiger partial charge in [-0.1, -0.05) is 30.3 Å². The van der Waals surface area contributed by atoms with Crippen molar-refractivity contribution < 1.29 is 19.1 Å². The van der Waals surface area contributed by atoms with E-state index in [9.17, 15) is 14.4 Å². The van der Waals surface area contributed by atoms with Crippen LogP contribution in [-0.2, 0) is 16.0 Å². The van der Waals surface area contributed by atoms with Gasteiger partial charge in [-0.2, -0.15) is 0 Å². The van der Waals surface area contributed by atoms with Gasteiger partial charge in [0.15, 0.2) is 0 Å². The van der Waals surface area contributed by atoms with Crippen LogP contribution in [0.3, 0.4) is 0 Å². The van der Waals surface area contributed by atoms with Crippen LogP contribution in [0.25, 0.3) is 0 Å². The number of hydrogen-bond acceptors (Lipinski definition) is 4. The molecule has 31 heavy (non-hydrogen) atoms. The summed E-state index contributed by atoms with van der Waals surface area (Å²) in [5.41, 5.74) is 1.64. The fourth-order valence-corrected chi connectivity index (χ4v) is 3.70. The SMILES string of the molecule is COc1ccc(C(=O)NCCNC(=O)[C@H]2CCCN2C(=O)CCc2ccccc2)cc1. The number of amides is 3. The molecule has 164 valence electrons. The normalized spacial score (nSPS) is 15.4. The zero-order valence-electron chi connectivity index (χ0n) is 17.8. The first kappa shape index (κ1) is 22.3. The van der Waals surface area contributed by atoms with Gasteiger partial charge in [0, 0.05) is 31.6 Å². The van der Waals surface area contributed by atoms with Crippen molar-refractivity contribution in [3.05, 3.63) is 65.7 Å². The number of ether oxygens (including phenoxy) is 1. The number of nitrogens with one attached hydrogen (secondary N) is 2. The second kappa shape index (κ2) is 11.2. The Balaban J connectivity index is 1.40. The molecule has 1 atom stereocenters. The predicted octanol–water partition coefficient (Wildman–Crippen LogP) is 2.17. The summed E-state index contributed by atoms with van der Waals surface area (Å²) in [6.07, 6.45) is 2.55. The Morgan fingerprint density at radius 3 is 2.42 bits per heavy atom. The molecule has 2 N–H and O–H groups in total. The van der Waals surface area contributed by atoms with E-state index in [0.29, 0.717) is 50.2 Å². The third-order valence-electron chi connectivity index (χ3n) is 5.41. The van der Waals surface area contributed by atoms with Gasteiger partial charge in [-0.15, -0.1) is 0 Å². The topological polar surface area (TPSA) is 87.7 Å². The maximum atomic E-state index is 12.6. The lowest BCUT2D eigenvalue weighted by molar-refractivity contribution is -0.138. The van der Waals surface area contributed by atoms with Crippen LogP contribution < -0.4 is 15.4 Å². The summed E-state index contributed by atoms with van der Waals surface area (Å²) in [7, 11) is 1.57. The molecule has 0 spiro atoms. The van der Waals surface area contributed by atoms with Gasteiger partial charge < -0.3 is 20.3 Å². The Morgan fingerprint density at radius 1 is 1.00 bits per heavy atom. The molecule has 3 amide bonds. The van der Waals surface area contributed by atoms with Crippen LogP contribution in [0.2, 0.25) is 0 Å². The first-order valence-electron chi connectivity index (χ1n) is 10.6. The molecule has 2 aromatic rings. The summed E-state index contributed by atoms with van der Waals surface area (Å²) in [5.74, 6) is 0.317. The Hall–Kier alpha value is -3.35. The Kier molecular flexibility index (Phi) is 8.04. The largest absolute Gasteiger partial charge is 0.497 e. The molecule has 7 heteroatoms. The summed E-state index contributed by atoms with van der Waals surface area (Å²) >= 11 is 0. The van der Waals surface area contributed by atoms with Gasteiger partial charge in [0.1, 0.15) is 11.8 Å². The lowest BCUT2D eigenvalue weighted by Crippen LogP contribution is -2.47. The fourth-order valence-electron chi connectivity index (χ4n) is 3.70. The summed E-state index contributed by atoms with van der Waals surface area (Å²) in [6.45, 7) is 1.23. The molecule has 0 unspecified atom stereocenters.